The molecular formula is C28H25N3O4S2. The van der Waals surface area contributed by atoms with E-state index in [0.29, 0.717) is 22.1 Å². The number of carbonyl (C=O) groups is 1. The zero-order valence-electron chi connectivity index (χ0n) is 20.6. The largest absolute Gasteiger partial charge is 0.467 e. The third kappa shape index (κ3) is 4.87. The van der Waals surface area contributed by atoms with Crippen LogP contribution in [-0.2, 0) is 16.6 Å². The highest BCUT2D eigenvalue weighted by Crippen LogP contribution is 2.33. The molecule has 0 aliphatic carbocycles. The van der Waals surface area contributed by atoms with Crippen LogP contribution >= 0.6 is 11.3 Å². The number of amides is 1. The van der Waals surface area contributed by atoms with Gasteiger partial charge < -0.3 is 4.42 Å². The van der Waals surface area contributed by atoms with Crippen LogP contribution in [0.1, 0.15) is 27.2 Å². The monoisotopic (exact) mass is 531 g/mol. The molecule has 5 rings (SSSR count). The maximum absolute atomic E-state index is 13.7. The average Bonchev–Trinajstić information content (AvgIpc) is 3.57. The number of nitrogens with zero attached hydrogens (tertiary/aromatic N) is 3. The Bertz CT molecular complexity index is 1620. The van der Waals surface area contributed by atoms with E-state index >= 15 is 0 Å². The number of hydrogen-bond donors (Lipinski definition) is 0. The van der Waals surface area contributed by atoms with E-state index in [1.54, 1.807) is 47.6 Å². The molecule has 0 radical (unpaired) electrons. The Morgan fingerprint density at radius 2 is 1.65 bits per heavy atom. The van der Waals surface area contributed by atoms with Crippen LogP contribution in [0.25, 0.3) is 10.2 Å². The van der Waals surface area contributed by atoms with Gasteiger partial charge in [0.15, 0.2) is 5.13 Å². The highest BCUT2D eigenvalue weighted by Gasteiger charge is 2.25. The molecular weight excluding hydrogens is 506 g/mol. The van der Waals surface area contributed by atoms with Crippen molar-refractivity contribution in [3.63, 3.8) is 0 Å². The number of benzene rings is 3. The number of hydrogen-bond acceptors (Lipinski definition) is 6. The van der Waals surface area contributed by atoms with Gasteiger partial charge in [0, 0.05) is 12.6 Å². The molecule has 3 aromatic carbocycles. The summed E-state index contributed by atoms with van der Waals surface area (Å²) in [5.74, 6) is 0.313. The summed E-state index contributed by atoms with van der Waals surface area (Å²) in [7, 11) is -2.28. The number of aromatic nitrogens is 1. The Morgan fingerprint density at radius 1 is 0.946 bits per heavy atom. The maximum atomic E-state index is 13.7. The molecule has 37 heavy (non-hydrogen) atoms. The van der Waals surface area contributed by atoms with Gasteiger partial charge in [-0.25, -0.2) is 13.4 Å². The van der Waals surface area contributed by atoms with Crippen molar-refractivity contribution in [2.75, 3.05) is 16.3 Å². The fraction of sp³-hybridized carbons (Fsp3) is 0.143. The van der Waals surface area contributed by atoms with Crippen LogP contribution in [0.4, 0.5) is 10.8 Å². The molecule has 0 spiro atoms. The summed E-state index contributed by atoms with van der Waals surface area (Å²) in [6.45, 7) is 4.27. The number of rotatable bonds is 7. The van der Waals surface area contributed by atoms with Crippen LogP contribution in [-0.4, -0.2) is 26.4 Å². The quantitative estimate of drug-likeness (QED) is 0.250. The molecule has 0 saturated carbocycles. The van der Waals surface area contributed by atoms with E-state index in [2.05, 4.69) is 6.07 Å². The number of para-hydroxylation sites is 1. The zero-order chi connectivity index (χ0) is 26.2. The third-order valence-corrected chi connectivity index (χ3v) is 9.08. The lowest BCUT2D eigenvalue weighted by Crippen LogP contribution is -2.30. The molecule has 9 heteroatoms. The van der Waals surface area contributed by atoms with Crippen molar-refractivity contribution in [3.8, 4) is 0 Å². The molecule has 0 aliphatic heterocycles. The predicted molar refractivity (Wildman–Crippen MR) is 147 cm³/mol. The number of anilines is 2. The predicted octanol–water partition coefficient (Wildman–Crippen LogP) is 6.18. The number of thiazole rings is 1. The minimum atomic E-state index is -3.79. The van der Waals surface area contributed by atoms with Gasteiger partial charge in [-0.1, -0.05) is 29.5 Å². The minimum absolute atomic E-state index is 0.0962. The zero-order valence-corrected chi connectivity index (χ0v) is 22.2. The standard InChI is InChI=1S/C28H25N3O4S2/c1-19-16-25-26(17-20(19)2)36-28(29-25)31(18-23-10-7-15-35-23)27(32)21-11-13-24(14-12-21)37(33,34)30(3)22-8-5-4-6-9-22/h4-17H,18H2,1-3H3. The molecule has 188 valence electrons. The molecule has 5 aromatic rings. The van der Waals surface area contributed by atoms with Crippen molar-refractivity contribution in [1.29, 1.82) is 0 Å². The van der Waals surface area contributed by atoms with E-state index in [-0.39, 0.29) is 17.3 Å². The Morgan fingerprint density at radius 3 is 2.32 bits per heavy atom. The summed E-state index contributed by atoms with van der Waals surface area (Å²) >= 11 is 1.43. The van der Waals surface area contributed by atoms with E-state index < -0.39 is 10.0 Å². The molecule has 0 saturated heterocycles. The van der Waals surface area contributed by atoms with Crippen LogP contribution in [0.3, 0.4) is 0 Å². The summed E-state index contributed by atoms with van der Waals surface area (Å²) in [4.78, 5) is 20.1. The fourth-order valence-corrected chi connectivity index (χ4v) is 6.17. The molecule has 7 nitrogen and oxygen atoms in total. The van der Waals surface area contributed by atoms with Crippen LogP contribution in [0.15, 0.2) is 94.4 Å². The summed E-state index contributed by atoms with van der Waals surface area (Å²) in [6.07, 6.45) is 1.56. The lowest BCUT2D eigenvalue weighted by atomic mass is 10.1. The molecule has 2 heterocycles. The second-order valence-corrected chi connectivity index (χ2v) is 11.7. The van der Waals surface area contributed by atoms with E-state index in [4.69, 9.17) is 9.40 Å². The van der Waals surface area contributed by atoms with E-state index in [1.807, 2.05) is 26.0 Å². The van der Waals surface area contributed by atoms with Crippen molar-refractivity contribution in [2.45, 2.75) is 25.3 Å². The first kappa shape index (κ1) is 24.7. The normalized spacial score (nSPS) is 11.5. The first-order chi connectivity index (χ1) is 17.7. The molecule has 0 unspecified atom stereocenters. The van der Waals surface area contributed by atoms with E-state index in [0.717, 1.165) is 21.3 Å². The Labute approximate surface area is 219 Å². The van der Waals surface area contributed by atoms with Crippen LogP contribution in [0, 0.1) is 13.8 Å². The number of carbonyl (C=O) groups excluding carboxylic acids is 1. The minimum Gasteiger partial charge on any atom is -0.467 e. The van der Waals surface area contributed by atoms with Crippen LogP contribution < -0.4 is 9.21 Å². The fourth-order valence-electron chi connectivity index (χ4n) is 3.93. The lowest BCUT2D eigenvalue weighted by molar-refractivity contribution is 0.0983. The van der Waals surface area contributed by atoms with Crippen LogP contribution in [0.5, 0.6) is 0 Å². The van der Waals surface area contributed by atoms with Crippen molar-refractivity contribution in [1.82, 2.24) is 4.98 Å². The Hall–Kier alpha value is -3.95. The summed E-state index contributed by atoms with van der Waals surface area (Å²) in [6, 6.07) is 22.5. The number of sulfonamides is 1. The average molecular weight is 532 g/mol. The second-order valence-electron chi connectivity index (χ2n) is 8.70. The van der Waals surface area contributed by atoms with Gasteiger partial charge in [-0.3, -0.25) is 14.0 Å². The van der Waals surface area contributed by atoms with Gasteiger partial charge in [0.05, 0.1) is 33.6 Å². The highest BCUT2D eigenvalue weighted by atomic mass is 32.2. The first-order valence-electron chi connectivity index (χ1n) is 11.6. The molecule has 2 aromatic heterocycles. The van der Waals surface area contributed by atoms with Gasteiger partial charge >= 0.3 is 0 Å². The Kier molecular flexibility index (Phi) is 6.57. The summed E-state index contributed by atoms with van der Waals surface area (Å²) in [5.41, 5.74) is 4.01. The third-order valence-electron chi connectivity index (χ3n) is 6.24. The topological polar surface area (TPSA) is 83.7 Å². The van der Waals surface area contributed by atoms with Crippen molar-refractivity contribution >= 4 is 48.3 Å². The SMILES string of the molecule is Cc1cc2nc(N(Cc3ccco3)C(=O)c3ccc(S(=O)(=O)N(C)c4ccccc4)cc3)sc2cc1C. The molecule has 1 amide bonds. The second kappa shape index (κ2) is 9.84. The first-order valence-corrected chi connectivity index (χ1v) is 13.9. The highest BCUT2D eigenvalue weighted by molar-refractivity contribution is 7.92. The summed E-state index contributed by atoms with van der Waals surface area (Å²) < 4.78 is 34.0. The van der Waals surface area contributed by atoms with Gasteiger partial charge in [-0.05, 0) is 85.6 Å². The molecule has 0 fully saturated rings. The number of furan rings is 1. The van der Waals surface area contributed by atoms with Gasteiger partial charge in [0.25, 0.3) is 15.9 Å². The smallest absolute Gasteiger partial charge is 0.264 e. The number of fused-ring (bicyclic) bond motifs is 1. The molecule has 0 bridgehead atoms. The van der Waals surface area contributed by atoms with Gasteiger partial charge in [-0.15, -0.1) is 0 Å². The van der Waals surface area contributed by atoms with Gasteiger partial charge in [0.2, 0.25) is 0 Å². The van der Waals surface area contributed by atoms with Gasteiger partial charge in [-0.2, -0.15) is 0 Å². The Balaban J connectivity index is 1.47. The van der Waals surface area contributed by atoms with E-state index in [1.165, 1.54) is 47.0 Å². The maximum Gasteiger partial charge on any atom is 0.264 e. The van der Waals surface area contributed by atoms with Crippen LogP contribution in [0.2, 0.25) is 0 Å². The van der Waals surface area contributed by atoms with Crippen molar-refractivity contribution in [3.05, 3.63) is 108 Å². The molecule has 0 N–H and O–H groups in total. The molecule has 0 atom stereocenters. The number of aryl methyl sites for hydroxylation is 2. The lowest BCUT2D eigenvalue weighted by Gasteiger charge is -2.21. The molecule has 0 aliphatic rings. The van der Waals surface area contributed by atoms with Crippen molar-refractivity contribution < 1.29 is 17.6 Å². The summed E-state index contributed by atoms with van der Waals surface area (Å²) in [5, 5.41) is 0.543. The van der Waals surface area contributed by atoms with Gasteiger partial charge in [0.1, 0.15) is 5.76 Å². The van der Waals surface area contributed by atoms with Crippen molar-refractivity contribution in [2.24, 2.45) is 0 Å². The van der Waals surface area contributed by atoms with E-state index in [9.17, 15) is 13.2 Å².